The summed E-state index contributed by atoms with van der Waals surface area (Å²) in [7, 11) is -1.33. The fourth-order valence-electron chi connectivity index (χ4n) is 3.75. The van der Waals surface area contributed by atoms with E-state index in [2.05, 4.69) is 74.9 Å². The van der Waals surface area contributed by atoms with Gasteiger partial charge in [-0.15, -0.1) is 11.3 Å². The molecule has 0 radical (unpaired) electrons. The molecule has 0 saturated carbocycles. The summed E-state index contributed by atoms with van der Waals surface area (Å²) in [4.78, 5) is 5.92. The molecule has 4 heteroatoms. The molecule has 0 bridgehead atoms. The SMILES string of the molecule is CCCCCCc1ncc(-c2ccc3cc(OC(CC)[Si](C)(C)C)ccc3c2)s1. The van der Waals surface area contributed by atoms with Crippen LogP contribution >= 0.6 is 11.3 Å². The Bertz CT molecular complexity index is 928. The lowest BCUT2D eigenvalue weighted by atomic mass is 10.1. The summed E-state index contributed by atoms with van der Waals surface area (Å²) in [5.74, 6) is 0.992. The summed E-state index contributed by atoms with van der Waals surface area (Å²) in [5, 5.41) is 3.76. The number of aryl methyl sites for hydroxylation is 1. The van der Waals surface area contributed by atoms with Crippen LogP contribution in [-0.4, -0.2) is 18.8 Å². The molecule has 0 aliphatic carbocycles. The molecule has 2 nitrogen and oxygen atoms in total. The molecule has 0 aliphatic rings. The number of benzene rings is 2. The molecule has 0 N–H and O–H groups in total. The van der Waals surface area contributed by atoms with Gasteiger partial charge in [-0.25, -0.2) is 4.98 Å². The highest BCUT2D eigenvalue weighted by Gasteiger charge is 2.27. The lowest BCUT2D eigenvalue weighted by molar-refractivity contribution is 0.265. The normalized spacial score (nSPS) is 13.0. The third kappa shape index (κ3) is 5.92. The molecule has 2 aromatic carbocycles. The van der Waals surface area contributed by atoms with E-state index in [1.165, 1.54) is 51.9 Å². The number of hydrogen-bond donors (Lipinski definition) is 0. The van der Waals surface area contributed by atoms with Crippen LogP contribution in [0.3, 0.4) is 0 Å². The van der Waals surface area contributed by atoms with E-state index >= 15 is 0 Å². The van der Waals surface area contributed by atoms with Crippen LogP contribution in [-0.2, 0) is 6.42 Å². The van der Waals surface area contributed by atoms with Gasteiger partial charge in [0.2, 0.25) is 0 Å². The first-order valence-electron chi connectivity index (χ1n) is 11.1. The predicted molar refractivity (Wildman–Crippen MR) is 131 cm³/mol. The van der Waals surface area contributed by atoms with E-state index in [4.69, 9.17) is 4.74 Å². The van der Waals surface area contributed by atoms with Gasteiger partial charge in [-0.05, 0) is 53.8 Å². The van der Waals surface area contributed by atoms with E-state index in [1.54, 1.807) is 0 Å². The second kappa shape index (κ2) is 9.90. The first-order valence-corrected chi connectivity index (χ1v) is 15.5. The smallest absolute Gasteiger partial charge is 0.119 e. The van der Waals surface area contributed by atoms with Crippen molar-refractivity contribution >= 4 is 30.2 Å². The fraction of sp³-hybridized carbons (Fsp3) is 0.480. The van der Waals surface area contributed by atoms with Crippen LogP contribution in [0.2, 0.25) is 19.6 Å². The van der Waals surface area contributed by atoms with Gasteiger partial charge in [-0.3, -0.25) is 0 Å². The zero-order valence-electron chi connectivity index (χ0n) is 18.6. The Morgan fingerprint density at radius 3 is 2.45 bits per heavy atom. The Morgan fingerprint density at radius 2 is 1.72 bits per heavy atom. The van der Waals surface area contributed by atoms with Crippen molar-refractivity contribution in [1.82, 2.24) is 4.98 Å². The lowest BCUT2D eigenvalue weighted by Gasteiger charge is -2.28. The zero-order valence-corrected chi connectivity index (χ0v) is 20.4. The molecule has 3 aromatic rings. The number of aromatic nitrogens is 1. The summed E-state index contributed by atoms with van der Waals surface area (Å²) in [6.07, 6.45) is 9.38. The minimum Gasteiger partial charge on any atom is -0.494 e. The first kappa shape index (κ1) is 22.0. The maximum atomic E-state index is 6.36. The minimum atomic E-state index is -1.33. The van der Waals surface area contributed by atoms with Crippen LogP contribution in [0.4, 0.5) is 0 Å². The van der Waals surface area contributed by atoms with Crippen LogP contribution in [0.1, 0.15) is 51.0 Å². The Balaban J connectivity index is 1.73. The highest BCUT2D eigenvalue weighted by atomic mass is 32.1. The highest BCUT2D eigenvalue weighted by molar-refractivity contribution is 7.15. The predicted octanol–water partition coefficient (Wildman–Crippen LogP) is 8.12. The van der Waals surface area contributed by atoms with Crippen LogP contribution < -0.4 is 4.74 Å². The van der Waals surface area contributed by atoms with Gasteiger partial charge in [0.1, 0.15) is 5.75 Å². The molecule has 0 spiro atoms. The fourth-order valence-corrected chi connectivity index (χ4v) is 6.42. The van der Waals surface area contributed by atoms with Crippen molar-refractivity contribution in [2.24, 2.45) is 0 Å². The van der Waals surface area contributed by atoms with Crippen LogP contribution in [0.5, 0.6) is 5.75 Å². The van der Waals surface area contributed by atoms with Gasteiger partial charge in [-0.1, -0.05) is 71.0 Å². The minimum absolute atomic E-state index is 0.354. The molecular weight excluding hydrogens is 390 g/mol. The summed E-state index contributed by atoms with van der Waals surface area (Å²) < 4.78 is 6.36. The summed E-state index contributed by atoms with van der Waals surface area (Å²) in [5.41, 5.74) is 1.61. The van der Waals surface area contributed by atoms with Gasteiger partial charge in [0.25, 0.3) is 0 Å². The average Bonchev–Trinajstić information content (AvgIpc) is 3.17. The van der Waals surface area contributed by atoms with Gasteiger partial charge in [-0.2, -0.15) is 0 Å². The molecule has 1 atom stereocenters. The van der Waals surface area contributed by atoms with Crippen molar-refractivity contribution in [3.8, 4) is 16.2 Å². The third-order valence-electron chi connectivity index (χ3n) is 5.51. The van der Waals surface area contributed by atoms with Gasteiger partial charge in [0, 0.05) is 6.20 Å². The molecule has 0 fully saturated rings. The lowest BCUT2D eigenvalue weighted by Crippen LogP contribution is -2.42. The first-order chi connectivity index (χ1) is 13.9. The van der Waals surface area contributed by atoms with Crippen LogP contribution in [0.15, 0.2) is 42.6 Å². The molecule has 156 valence electrons. The average molecular weight is 426 g/mol. The molecule has 0 saturated heterocycles. The Kier molecular flexibility index (Phi) is 7.53. The standard InChI is InChI=1S/C25H35NOSSi/c1-6-8-9-10-11-24-26-18-23(28-24)21-13-12-20-17-22(15-14-19(20)16-21)27-25(7-2)29(3,4)5/h12-18,25H,6-11H2,1-5H3. The molecule has 0 aliphatic heterocycles. The number of thiazole rings is 1. The monoisotopic (exact) mass is 425 g/mol. The van der Waals surface area contributed by atoms with Crippen molar-refractivity contribution in [2.45, 2.75) is 77.7 Å². The largest absolute Gasteiger partial charge is 0.494 e. The van der Waals surface area contributed by atoms with Crippen molar-refractivity contribution < 1.29 is 4.74 Å². The molecule has 1 unspecified atom stereocenters. The van der Waals surface area contributed by atoms with Gasteiger partial charge < -0.3 is 4.74 Å². The van der Waals surface area contributed by atoms with E-state index in [9.17, 15) is 0 Å². The quantitative estimate of drug-likeness (QED) is 0.242. The van der Waals surface area contributed by atoms with E-state index in [-0.39, 0.29) is 0 Å². The van der Waals surface area contributed by atoms with Crippen LogP contribution in [0, 0.1) is 0 Å². The maximum absolute atomic E-state index is 6.36. The number of ether oxygens (including phenoxy) is 1. The second-order valence-corrected chi connectivity index (χ2v) is 15.5. The number of rotatable bonds is 10. The number of unbranched alkanes of at least 4 members (excludes halogenated alkanes) is 3. The second-order valence-electron chi connectivity index (χ2n) is 9.03. The maximum Gasteiger partial charge on any atom is 0.119 e. The van der Waals surface area contributed by atoms with E-state index in [0.29, 0.717) is 5.73 Å². The molecule has 29 heavy (non-hydrogen) atoms. The Labute approximate surface area is 181 Å². The summed E-state index contributed by atoms with van der Waals surface area (Å²) in [6, 6.07) is 13.2. The molecule has 1 aromatic heterocycles. The number of hydrogen-bond acceptors (Lipinski definition) is 3. The van der Waals surface area contributed by atoms with Crippen molar-refractivity contribution in [1.29, 1.82) is 0 Å². The van der Waals surface area contributed by atoms with E-state index in [1.807, 2.05) is 17.5 Å². The molecule has 0 amide bonds. The van der Waals surface area contributed by atoms with E-state index in [0.717, 1.165) is 18.6 Å². The molecule has 1 heterocycles. The van der Waals surface area contributed by atoms with Crippen LogP contribution in [0.25, 0.3) is 21.2 Å². The van der Waals surface area contributed by atoms with Crippen molar-refractivity contribution in [3.63, 3.8) is 0 Å². The zero-order chi connectivity index (χ0) is 20.9. The topological polar surface area (TPSA) is 22.1 Å². The summed E-state index contributed by atoms with van der Waals surface area (Å²) in [6.45, 7) is 11.6. The third-order valence-corrected chi connectivity index (χ3v) is 9.07. The Hall–Kier alpha value is -1.65. The molecule has 3 rings (SSSR count). The van der Waals surface area contributed by atoms with Gasteiger partial charge in [0.15, 0.2) is 0 Å². The number of fused-ring (bicyclic) bond motifs is 1. The van der Waals surface area contributed by atoms with E-state index < -0.39 is 8.07 Å². The Morgan fingerprint density at radius 1 is 0.966 bits per heavy atom. The van der Waals surface area contributed by atoms with Gasteiger partial charge >= 0.3 is 0 Å². The van der Waals surface area contributed by atoms with Gasteiger partial charge in [0.05, 0.1) is 23.7 Å². The number of nitrogens with zero attached hydrogens (tertiary/aromatic N) is 1. The van der Waals surface area contributed by atoms with Crippen molar-refractivity contribution in [3.05, 3.63) is 47.6 Å². The molecular formula is C25H35NOSSi. The highest BCUT2D eigenvalue weighted by Crippen LogP contribution is 2.31. The summed E-state index contributed by atoms with van der Waals surface area (Å²) >= 11 is 1.84. The van der Waals surface area contributed by atoms with Crippen molar-refractivity contribution in [2.75, 3.05) is 0 Å².